The molecule has 0 radical (unpaired) electrons. The maximum absolute atomic E-state index is 13.1. The second-order valence-electron chi connectivity index (χ2n) is 7.76. The number of carbonyl (C=O) groups excluding carboxylic acids is 2. The molecule has 166 valence electrons. The van der Waals surface area contributed by atoms with Gasteiger partial charge in [-0.2, -0.15) is 0 Å². The molecule has 1 aromatic heterocycles. The van der Waals surface area contributed by atoms with Crippen molar-refractivity contribution in [3.63, 3.8) is 0 Å². The largest absolute Gasteiger partial charge is 0.353 e. The first-order chi connectivity index (χ1) is 16.1. The fraction of sp³-hybridized carbons (Fsp3) is 0.160. The Morgan fingerprint density at radius 1 is 1.03 bits per heavy atom. The van der Waals surface area contributed by atoms with Gasteiger partial charge in [-0.15, -0.1) is 0 Å². The molecule has 0 aliphatic carbocycles. The van der Waals surface area contributed by atoms with E-state index in [4.69, 9.17) is 11.6 Å². The number of nitrogens with zero attached hydrogens (tertiary/aromatic N) is 3. The van der Waals surface area contributed by atoms with Crippen molar-refractivity contribution in [3.05, 3.63) is 87.9 Å². The quantitative estimate of drug-likeness (QED) is 0.551. The maximum Gasteiger partial charge on any atom is 0.262 e. The van der Waals surface area contributed by atoms with Crippen LogP contribution in [0.3, 0.4) is 0 Å². The van der Waals surface area contributed by atoms with Crippen molar-refractivity contribution >= 4 is 52.8 Å². The zero-order chi connectivity index (χ0) is 22.8. The SMILES string of the molecule is O=C1Nc2cc(C(=O)N3CCN(c4ccccn4)CC3)ccc2SC1=Cc1ccccc1Cl. The highest BCUT2D eigenvalue weighted by atomic mass is 35.5. The number of hydrogen-bond donors (Lipinski definition) is 1. The Hall–Kier alpha value is -3.29. The average molecular weight is 477 g/mol. The standard InChI is InChI=1S/C25H21ClN4O2S/c26-19-6-2-1-5-17(19)16-22-24(31)28-20-15-18(8-9-21(20)33-22)25(32)30-13-11-29(12-14-30)23-7-3-4-10-27-23/h1-10,15-16H,11-14H2,(H,28,31). The molecule has 1 N–H and O–H groups in total. The zero-order valence-corrected chi connectivity index (χ0v) is 19.3. The molecule has 2 aromatic carbocycles. The number of halogens is 1. The molecule has 2 aliphatic rings. The Bertz CT molecular complexity index is 1240. The molecule has 3 aromatic rings. The van der Waals surface area contributed by atoms with Crippen molar-refractivity contribution in [2.45, 2.75) is 4.90 Å². The van der Waals surface area contributed by atoms with Crippen LogP contribution in [0.4, 0.5) is 11.5 Å². The molecule has 8 heteroatoms. The topological polar surface area (TPSA) is 65.5 Å². The van der Waals surface area contributed by atoms with Crippen LogP contribution in [-0.4, -0.2) is 47.9 Å². The van der Waals surface area contributed by atoms with Gasteiger partial charge in [-0.3, -0.25) is 9.59 Å². The Balaban J connectivity index is 1.29. The van der Waals surface area contributed by atoms with Crippen molar-refractivity contribution in [1.82, 2.24) is 9.88 Å². The summed E-state index contributed by atoms with van der Waals surface area (Å²) in [5.74, 6) is 0.690. The molecule has 5 rings (SSSR count). The summed E-state index contributed by atoms with van der Waals surface area (Å²) < 4.78 is 0. The minimum atomic E-state index is -0.207. The van der Waals surface area contributed by atoms with Crippen LogP contribution in [0.5, 0.6) is 0 Å². The van der Waals surface area contributed by atoms with Crippen LogP contribution in [0.2, 0.25) is 5.02 Å². The van der Waals surface area contributed by atoms with E-state index in [1.54, 1.807) is 24.4 Å². The molecule has 33 heavy (non-hydrogen) atoms. The molecule has 0 saturated carbocycles. The summed E-state index contributed by atoms with van der Waals surface area (Å²) in [5, 5.41) is 3.51. The predicted molar refractivity (Wildman–Crippen MR) is 133 cm³/mol. The van der Waals surface area contributed by atoms with Crippen molar-refractivity contribution in [1.29, 1.82) is 0 Å². The summed E-state index contributed by atoms with van der Waals surface area (Å²) >= 11 is 7.60. The number of nitrogens with one attached hydrogen (secondary N) is 1. The molecule has 0 unspecified atom stereocenters. The number of benzene rings is 2. The van der Waals surface area contributed by atoms with E-state index in [0.717, 1.165) is 29.4 Å². The lowest BCUT2D eigenvalue weighted by molar-refractivity contribution is -0.112. The number of aromatic nitrogens is 1. The highest BCUT2D eigenvalue weighted by Crippen LogP contribution is 2.40. The fourth-order valence-corrected chi connectivity index (χ4v) is 5.00. The summed E-state index contributed by atoms with van der Waals surface area (Å²) in [7, 11) is 0. The van der Waals surface area contributed by atoms with E-state index in [2.05, 4.69) is 15.2 Å². The normalized spacial score (nSPS) is 17.0. The summed E-state index contributed by atoms with van der Waals surface area (Å²) in [6.07, 6.45) is 3.56. The van der Waals surface area contributed by atoms with Crippen LogP contribution in [0, 0.1) is 0 Å². The van der Waals surface area contributed by atoms with Crippen LogP contribution in [0.25, 0.3) is 6.08 Å². The lowest BCUT2D eigenvalue weighted by atomic mass is 10.1. The number of pyridine rings is 1. The van der Waals surface area contributed by atoms with Crippen LogP contribution >= 0.6 is 23.4 Å². The summed E-state index contributed by atoms with van der Waals surface area (Å²) in [4.78, 5) is 35.6. The summed E-state index contributed by atoms with van der Waals surface area (Å²) in [6.45, 7) is 2.71. The number of piperazine rings is 1. The van der Waals surface area contributed by atoms with E-state index in [-0.39, 0.29) is 11.8 Å². The third kappa shape index (κ3) is 4.60. The third-order valence-corrected chi connectivity index (χ3v) is 7.09. The number of hydrogen-bond acceptors (Lipinski definition) is 5. The van der Waals surface area contributed by atoms with Gasteiger partial charge in [0.25, 0.3) is 11.8 Å². The number of anilines is 2. The minimum absolute atomic E-state index is 0.0323. The van der Waals surface area contributed by atoms with E-state index in [1.165, 1.54) is 11.8 Å². The zero-order valence-electron chi connectivity index (χ0n) is 17.7. The molecule has 3 heterocycles. The van der Waals surface area contributed by atoms with Crippen molar-refractivity contribution in [2.24, 2.45) is 0 Å². The smallest absolute Gasteiger partial charge is 0.262 e. The number of thioether (sulfide) groups is 1. The van der Waals surface area contributed by atoms with Gasteiger partial charge in [0.2, 0.25) is 0 Å². The first-order valence-corrected chi connectivity index (χ1v) is 11.8. The van der Waals surface area contributed by atoms with Crippen LogP contribution in [-0.2, 0) is 4.79 Å². The van der Waals surface area contributed by atoms with Crippen molar-refractivity contribution in [3.8, 4) is 0 Å². The lowest BCUT2D eigenvalue weighted by Crippen LogP contribution is -2.49. The van der Waals surface area contributed by atoms with Crippen LogP contribution in [0.1, 0.15) is 15.9 Å². The van der Waals surface area contributed by atoms with E-state index in [1.807, 2.05) is 53.4 Å². The molecule has 0 bridgehead atoms. The highest BCUT2D eigenvalue weighted by Gasteiger charge is 2.26. The van der Waals surface area contributed by atoms with E-state index < -0.39 is 0 Å². The molecule has 6 nitrogen and oxygen atoms in total. The van der Waals surface area contributed by atoms with Crippen molar-refractivity contribution < 1.29 is 9.59 Å². The molecular formula is C25H21ClN4O2S. The Morgan fingerprint density at radius 2 is 1.82 bits per heavy atom. The Morgan fingerprint density at radius 3 is 2.58 bits per heavy atom. The summed E-state index contributed by atoms with van der Waals surface area (Å²) in [5.41, 5.74) is 2.01. The average Bonchev–Trinajstić information content (AvgIpc) is 2.86. The Labute approximate surface area is 201 Å². The Kier molecular flexibility index (Phi) is 6.07. The number of carbonyl (C=O) groups is 2. The number of amides is 2. The lowest BCUT2D eigenvalue weighted by Gasteiger charge is -2.35. The van der Waals surface area contributed by atoms with Gasteiger partial charge < -0.3 is 15.1 Å². The molecular weight excluding hydrogens is 456 g/mol. The van der Waals surface area contributed by atoms with E-state index in [0.29, 0.717) is 34.3 Å². The molecule has 0 spiro atoms. The second-order valence-corrected chi connectivity index (χ2v) is 9.26. The highest BCUT2D eigenvalue weighted by molar-refractivity contribution is 8.04. The number of rotatable bonds is 3. The second kappa shape index (κ2) is 9.29. The molecule has 2 amide bonds. The molecule has 1 saturated heterocycles. The first-order valence-electron chi connectivity index (χ1n) is 10.6. The summed E-state index contributed by atoms with van der Waals surface area (Å²) in [6, 6.07) is 18.7. The fourth-order valence-electron chi connectivity index (χ4n) is 3.89. The van der Waals surface area contributed by atoms with Gasteiger partial charge in [0.15, 0.2) is 0 Å². The van der Waals surface area contributed by atoms with Crippen LogP contribution in [0.15, 0.2) is 76.7 Å². The van der Waals surface area contributed by atoms with E-state index in [9.17, 15) is 9.59 Å². The van der Waals surface area contributed by atoms with Gasteiger partial charge in [0.05, 0.1) is 10.6 Å². The van der Waals surface area contributed by atoms with Gasteiger partial charge in [0.1, 0.15) is 5.82 Å². The number of fused-ring (bicyclic) bond motifs is 1. The van der Waals surface area contributed by atoms with Gasteiger partial charge in [-0.1, -0.05) is 47.6 Å². The van der Waals surface area contributed by atoms with Gasteiger partial charge in [-0.25, -0.2) is 4.98 Å². The van der Waals surface area contributed by atoms with E-state index >= 15 is 0 Å². The molecule has 2 aliphatic heterocycles. The van der Waals surface area contributed by atoms with Crippen LogP contribution < -0.4 is 10.2 Å². The minimum Gasteiger partial charge on any atom is -0.353 e. The molecule has 0 atom stereocenters. The predicted octanol–water partition coefficient (Wildman–Crippen LogP) is 4.78. The third-order valence-electron chi connectivity index (χ3n) is 5.65. The van der Waals surface area contributed by atoms with Crippen molar-refractivity contribution in [2.75, 3.05) is 36.4 Å². The first kappa shape index (κ1) is 21.6. The maximum atomic E-state index is 13.1. The molecule has 1 fully saturated rings. The monoisotopic (exact) mass is 476 g/mol. The van der Waals surface area contributed by atoms with Gasteiger partial charge in [0, 0.05) is 47.9 Å². The van der Waals surface area contributed by atoms with Gasteiger partial charge >= 0.3 is 0 Å². The van der Waals surface area contributed by atoms with Gasteiger partial charge in [-0.05, 0) is 48.0 Å².